The van der Waals surface area contributed by atoms with E-state index in [1.165, 1.54) is 0 Å². The lowest BCUT2D eigenvalue weighted by molar-refractivity contribution is 0.153. The number of rotatable bonds is 4. The lowest BCUT2D eigenvalue weighted by Crippen LogP contribution is -2.40. The Morgan fingerprint density at radius 2 is 1.00 bits per heavy atom. The van der Waals surface area contributed by atoms with E-state index < -0.39 is 26.3 Å². The summed E-state index contributed by atoms with van der Waals surface area (Å²) in [6, 6.07) is 13.7. The monoisotopic (exact) mass is 572 g/mol. The minimum absolute atomic E-state index is 0.157. The number of benzene rings is 2. The molecule has 2 aromatic rings. The molecule has 0 fully saturated rings. The Hall–Kier alpha value is -2.12. The van der Waals surface area contributed by atoms with Gasteiger partial charge in [0.05, 0.1) is 0 Å². The molecule has 2 aliphatic carbocycles. The first-order chi connectivity index (χ1) is 15.4. The molecule has 4 atom stereocenters. The van der Waals surface area contributed by atoms with Crippen molar-refractivity contribution < 1.29 is 20.4 Å². The third-order valence-corrected chi connectivity index (χ3v) is 7.98. The predicted octanol–water partition coefficient (Wildman–Crippen LogP) is 6.15. The third-order valence-electron chi connectivity index (χ3n) is 6.54. The molecule has 0 saturated carbocycles. The van der Waals surface area contributed by atoms with Crippen LogP contribution in [0.4, 0.5) is 0 Å². The van der Waals surface area contributed by atoms with Crippen molar-refractivity contribution in [3.8, 4) is 11.5 Å². The van der Waals surface area contributed by atoms with Gasteiger partial charge in [0, 0.05) is 17.3 Å². The zero-order chi connectivity index (χ0) is 24.0. The van der Waals surface area contributed by atoms with Gasteiger partial charge >= 0.3 is 0 Å². The molecule has 4 rings (SSSR count). The van der Waals surface area contributed by atoms with Crippen molar-refractivity contribution in [1.82, 2.24) is 0 Å². The molecule has 6 heteroatoms. The van der Waals surface area contributed by atoms with Crippen LogP contribution in [0.1, 0.15) is 36.8 Å². The average Bonchev–Trinajstić information content (AvgIpc) is 2.74. The maximum atomic E-state index is 11.3. The second-order valence-electron chi connectivity index (χ2n) is 9.09. The Labute approximate surface area is 210 Å². The Bertz CT molecular complexity index is 1060. The van der Waals surface area contributed by atoms with Crippen molar-refractivity contribution >= 4 is 31.9 Å². The number of hydrogen-bond donors (Lipinski definition) is 4. The number of phenols is 2. The van der Waals surface area contributed by atoms with E-state index in [0.29, 0.717) is 0 Å². The van der Waals surface area contributed by atoms with Gasteiger partial charge in [-0.1, -0.05) is 62.4 Å². The summed E-state index contributed by atoms with van der Waals surface area (Å²) in [5.41, 5.74) is 2.99. The predicted molar refractivity (Wildman–Crippen MR) is 138 cm³/mol. The van der Waals surface area contributed by atoms with Crippen molar-refractivity contribution in [2.45, 2.75) is 34.7 Å². The first-order valence-electron chi connectivity index (χ1n) is 10.6. The van der Waals surface area contributed by atoms with Crippen LogP contribution in [0.25, 0.3) is 0 Å². The van der Waals surface area contributed by atoms with Crippen LogP contribution in [0.5, 0.6) is 11.5 Å². The fourth-order valence-corrected chi connectivity index (χ4v) is 6.19. The fraction of sp³-hybridized carbons (Fsp3) is 0.259. The van der Waals surface area contributed by atoms with Crippen molar-refractivity contribution in [1.29, 1.82) is 0 Å². The molecule has 0 aromatic heterocycles. The summed E-state index contributed by atoms with van der Waals surface area (Å²) in [4.78, 5) is 0. The van der Waals surface area contributed by atoms with E-state index in [-0.39, 0.29) is 11.5 Å². The quantitative estimate of drug-likeness (QED) is 0.331. The second kappa shape index (κ2) is 8.58. The highest BCUT2D eigenvalue weighted by atomic mass is 79.9. The highest BCUT2D eigenvalue weighted by Crippen LogP contribution is 2.57. The summed E-state index contributed by atoms with van der Waals surface area (Å²) in [7, 11) is 0. The molecule has 0 heterocycles. The van der Waals surface area contributed by atoms with E-state index in [9.17, 15) is 20.4 Å². The number of alkyl halides is 2. The third kappa shape index (κ3) is 4.50. The molecule has 2 aromatic carbocycles. The highest BCUT2D eigenvalue weighted by molar-refractivity contribution is 9.10. The van der Waals surface area contributed by atoms with E-state index in [1.54, 1.807) is 36.4 Å². The van der Waals surface area contributed by atoms with E-state index in [2.05, 4.69) is 45.7 Å². The normalized spacial score (nSPS) is 29.5. The summed E-state index contributed by atoms with van der Waals surface area (Å²) in [5.74, 6) is -0.558. The average molecular weight is 574 g/mol. The first-order valence-corrected chi connectivity index (χ1v) is 12.2. The van der Waals surface area contributed by atoms with E-state index >= 15 is 0 Å². The second-order valence-corrected chi connectivity index (χ2v) is 11.6. The molecule has 0 saturated heterocycles. The summed E-state index contributed by atoms with van der Waals surface area (Å²) in [6.07, 6.45) is 11.1. The molecule has 4 nitrogen and oxygen atoms in total. The maximum Gasteiger partial charge on any atom is 0.148 e. The van der Waals surface area contributed by atoms with Crippen LogP contribution in [0.15, 0.2) is 96.1 Å². The maximum absolute atomic E-state index is 11.3. The number of aromatic hydroxyl groups is 2. The molecule has 0 radical (unpaired) electrons. The van der Waals surface area contributed by atoms with E-state index in [4.69, 9.17) is 0 Å². The Morgan fingerprint density at radius 1 is 0.667 bits per heavy atom. The van der Waals surface area contributed by atoms with Gasteiger partial charge in [-0.05, 0) is 90.6 Å². The Kier molecular flexibility index (Phi) is 6.25. The number of hydrogen-bond acceptors (Lipinski definition) is 4. The molecule has 2 aliphatic rings. The molecule has 33 heavy (non-hydrogen) atoms. The summed E-state index contributed by atoms with van der Waals surface area (Å²) >= 11 is 7.01. The minimum Gasteiger partial charge on any atom is -0.508 e. The topological polar surface area (TPSA) is 80.9 Å². The molecule has 172 valence electrons. The van der Waals surface area contributed by atoms with Gasteiger partial charge in [0.1, 0.15) is 20.5 Å². The number of phenolic OH excluding ortho intramolecular Hbond substituents is 2. The summed E-state index contributed by atoms with van der Waals surface area (Å²) in [6.45, 7) is 4.16. The van der Waals surface area contributed by atoms with Crippen molar-refractivity contribution in [3.05, 3.63) is 107 Å². The standard InChI is InChI=1S/C27H26Br2O4/c1-25(2,21-5-3-15-26(28,32)23(21)17-7-11-19(30)12-8-17)22-6-4-16-27(29,33)24(22)18-9-13-20(31)14-10-18/h3-16,23-24,30-33H,1-2H3. The van der Waals surface area contributed by atoms with Crippen molar-refractivity contribution in [2.75, 3.05) is 0 Å². The fourth-order valence-electron chi connectivity index (χ4n) is 4.86. The highest BCUT2D eigenvalue weighted by Gasteiger charge is 2.48. The zero-order valence-corrected chi connectivity index (χ0v) is 21.5. The number of aliphatic hydroxyl groups is 2. The summed E-state index contributed by atoms with van der Waals surface area (Å²) < 4.78 is -2.65. The van der Waals surface area contributed by atoms with Gasteiger partial charge in [-0.25, -0.2) is 0 Å². The molecule has 0 spiro atoms. The molecule has 4 N–H and O–H groups in total. The molecule has 0 bridgehead atoms. The van der Waals surface area contributed by atoms with Crippen LogP contribution >= 0.6 is 31.9 Å². The number of halogens is 2. The molecule has 0 aliphatic heterocycles. The van der Waals surface area contributed by atoms with Crippen molar-refractivity contribution in [3.63, 3.8) is 0 Å². The van der Waals surface area contributed by atoms with Gasteiger partial charge in [-0.2, -0.15) is 0 Å². The Balaban J connectivity index is 1.85. The molecule has 4 unspecified atom stereocenters. The van der Waals surface area contributed by atoms with Crippen LogP contribution in [-0.2, 0) is 0 Å². The summed E-state index contributed by atoms with van der Waals surface area (Å²) in [5, 5.41) is 42.2. The molecular formula is C27H26Br2O4. The van der Waals surface area contributed by atoms with Gasteiger partial charge < -0.3 is 20.4 Å². The molecule has 0 amide bonds. The van der Waals surface area contributed by atoms with Gasteiger partial charge in [0.25, 0.3) is 0 Å². The minimum atomic E-state index is -1.32. The van der Waals surface area contributed by atoms with Gasteiger partial charge in [-0.3, -0.25) is 0 Å². The van der Waals surface area contributed by atoms with Gasteiger partial charge in [0.15, 0.2) is 0 Å². The first kappa shape index (κ1) is 24.0. The Morgan fingerprint density at radius 3 is 1.33 bits per heavy atom. The van der Waals surface area contributed by atoms with Crippen LogP contribution in [0, 0.1) is 5.41 Å². The van der Waals surface area contributed by atoms with Gasteiger partial charge in [-0.15, -0.1) is 0 Å². The van der Waals surface area contributed by atoms with Gasteiger partial charge in [0.2, 0.25) is 0 Å². The lowest BCUT2D eigenvalue weighted by Gasteiger charge is -2.46. The van der Waals surface area contributed by atoms with Crippen LogP contribution in [0.3, 0.4) is 0 Å². The smallest absolute Gasteiger partial charge is 0.148 e. The van der Waals surface area contributed by atoms with Crippen LogP contribution in [0.2, 0.25) is 0 Å². The van der Waals surface area contributed by atoms with E-state index in [1.807, 2.05) is 48.6 Å². The SMILES string of the molecule is CC(C)(C1=CC=CC(O)(Br)C1c1ccc(O)cc1)C1=CC=CC(O)(Br)C1c1ccc(O)cc1. The van der Waals surface area contributed by atoms with Crippen LogP contribution < -0.4 is 0 Å². The lowest BCUT2D eigenvalue weighted by atomic mass is 9.62. The van der Waals surface area contributed by atoms with Crippen molar-refractivity contribution in [2.24, 2.45) is 5.41 Å². The zero-order valence-electron chi connectivity index (χ0n) is 18.3. The van der Waals surface area contributed by atoms with E-state index in [0.717, 1.165) is 22.3 Å². The molecular weight excluding hydrogens is 548 g/mol. The van der Waals surface area contributed by atoms with Crippen LogP contribution in [-0.4, -0.2) is 29.4 Å². The largest absolute Gasteiger partial charge is 0.508 e. The number of allylic oxidation sites excluding steroid dienone is 4.